The number of carbonyl (C=O) groups excluding carboxylic acids is 4. The zero-order valence-corrected chi connectivity index (χ0v) is 31.2. The largest absolute Gasteiger partial charge is 0.455 e. The summed E-state index contributed by atoms with van der Waals surface area (Å²) in [6.07, 6.45) is 4.67. The van der Waals surface area contributed by atoms with Gasteiger partial charge in [-0.2, -0.15) is 0 Å². The summed E-state index contributed by atoms with van der Waals surface area (Å²) < 4.78 is 12.9. The summed E-state index contributed by atoms with van der Waals surface area (Å²) in [5.74, 6) is -3.26. The minimum Gasteiger partial charge on any atom is -0.455 e. The van der Waals surface area contributed by atoms with Gasteiger partial charge in [-0.15, -0.1) is 13.2 Å². The number of hydrogen-bond donors (Lipinski definition) is 2. The first-order valence-corrected chi connectivity index (χ1v) is 18.3. The highest BCUT2D eigenvalue weighted by Gasteiger charge is 2.77. The molecule has 270 valence electrons. The molecule has 1 unspecified atom stereocenters. The predicted molar refractivity (Wildman–Crippen MR) is 192 cm³/mol. The zero-order chi connectivity index (χ0) is 36.1. The van der Waals surface area contributed by atoms with Crippen LogP contribution in [-0.2, 0) is 28.7 Å². The number of likely N-dealkylation sites (tertiary alicyclic amines) is 1. The highest BCUT2D eigenvalue weighted by molar-refractivity contribution is 9.09. The average molecular weight is 745 g/mol. The van der Waals surface area contributed by atoms with Gasteiger partial charge in [-0.05, 0) is 56.9 Å². The van der Waals surface area contributed by atoms with Crippen LogP contribution in [0.2, 0.25) is 0 Å². The van der Waals surface area contributed by atoms with Crippen molar-refractivity contribution in [1.82, 2.24) is 15.1 Å². The molecule has 10 nitrogen and oxygen atoms in total. The predicted octanol–water partition coefficient (Wildman–Crippen LogP) is 5.10. The summed E-state index contributed by atoms with van der Waals surface area (Å²) in [6, 6.07) is 8.19. The summed E-state index contributed by atoms with van der Waals surface area (Å²) in [7, 11) is 0. The number of fused-ring (bicyclic) bond motifs is 1. The maximum atomic E-state index is 14.9. The lowest BCUT2D eigenvalue weighted by Gasteiger charge is -2.45. The average Bonchev–Trinajstić information content (AvgIpc) is 3.63. The molecule has 2 N–H and O–H groups in total. The van der Waals surface area contributed by atoms with E-state index in [9.17, 15) is 24.3 Å². The fourth-order valence-electron chi connectivity index (χ4n) is 8.26. The van der Waals surface area contributed by atoms with Gasteiger partial charge < -0.3 is 29.7 Å². The molecule has 1 aromatic rings. The van der Waals surface area contributed by atoms with Gasteiger partial charge in [0.15, 0.2) is 0 Å². The third-order valence-electron chi connectivity index (χ3n) is 9.86. The molecule has 7 atom stereocenters. The number of allylic oxidation sites excluding steroid dienone is 1. The van der Waals surface area contributed by atoms with Crippen LogP contribution in [0.15, 0.2) is 55.6 Å². The van der Waals surface area contributed by atoms with E-state index in [4.69, 9.17) is 9.47 Å². The normalized spacial score (nSPS) is 26.6. The van der Waals surface area contributed by atoms with Gasteiger partial charge in [0.25, 0.3) is 0 Å². The van der Waals surface area contributed by atoms with Crippen LogP contribution in [-0.4, -0.2) is 93.0 Å². The molecule has 0 aliphatic carbocycles. The monoisotopic (exact) mass is 743 g/mol. The number of carbonyl (C=O) groups is 4. The maximum absolute atomic E-state index is 14.9. The Morgan fingerprint density at radius 1 is 1.16 bits per heavy atom. The molecule has 0 saturated carbocycles. The minimum absolute atomic E-state index is 0.0432. The van der Waals surface area contributed by atoms with Crippen molar-refractivity contribution in [2.75, 3.05) is 26.2 Å². The van der Waals surface area contributed by atoms with Gasteiger partial charge in [-0.3, -0.25) is 19.2 Å². The number of rotatable bonds is 17. The SMILES string of the molecule is C=CCCC(=O)NC[C@@H](OC(=O)[C@@H]1[C@H]2O[C@@]3(CC2Br)[C@H](C(=O)N(CC=C)C(C)(C)CC(C)(C)C)N(CCCCO)C(=O)[C@@H]13)c1ccccc1. The molecule has 3 fully saturated rings. The van der Waals surface area contributed by atoms with E-state index in [1.807, 2.05) is 44.2 Å². The summed E-state index contributed by atoms with van der Waals surface area (Å²) in [5.41, 5.74) is -1.23. The quantitative estimate of drug-likeness (QED) is 0.0985. The Labute approximate surface area is 299 Å². The molecule has 3 amide bonds. The molecule has 4 rings (SSSR count). The number of nitrogens with zero attached hydrogens (tertiary/aromatic N) is 2. The number of halogens is 1. The Bertz CT molecular complexity index is 1380. The number of ether oxygens (including phenoxy) is 2. The third-order valence-corrected chi connectivity index (χ3v) is 10.7. The first-order chi connectivity index (χ1) is 23.1. The standard InChI is InChI=1S/C38H54BrN3O7/c1-8-10-18-28(44)40-23-27(25-16-12-11-13-17-25)48-35(47)29-30-33(45)41(20-14-15-21-43)32(38(30)22-26(39)31(29)49-38)34(46)42(19-9-2)37(6,7)24-36(3,4)5/h8-9,11-13,16-17,26-27,29-32,43H,1-2,10,14-15,18-24H2,3-7H3,(H,40,44)/t26?,27-,29+,30-,31+,32+,38-/m1/s1. The Hall–Kier alpha value is -3.02. The number of benzene rings is 1. The van der Waals surface area contributed by atoms with Crippen molar-refractivity contribution >= 4 is 39.6 Å². The zero-order valence-electron chi connectivity index (χ0n) is 29.7. The van der Waals surface area contributed by atoms with Crippen LogP contribution in [0.3, 0.4) is 0 Å². The fourth-order valence-corrected chi connectivity index (χ4v) is 9.20. The molecule has 2 bridgehead atoms. The second kappa shape index (κ2) is 15.9. The molecule has 3 heterocycles. The van der Waals surface area contributed by atoms with Crippen LogP contribution < -0.4 is 5.32 Å². The Kier molecular flexibility index (Phi) is 12.6. The van der Waals surface area contributed by atoms with E-state index in [0.717, 1.165) is 0 Å². The Morgan fingerprint density at radius 2 is 1.86 bits per heavy atom. The minimum atomic E-state index is -1.26. The van der Waals surface area contributed by atoms with Crippen LogP contribution >= 0.6 is 15.9 Å². The summed E-state index contributed by atoms with van der Waals surface area (Å²) in [5, 5.41) is 12.4. The molecule has 1 spiro atoms. The van der Waals surface area contributed by atoms with E-state index < -0.39 is 47.2 Å². The van der Waals surface area contributed by atoms with Gasteiger partial charge in [0.2, 0.25) is 17.7 Å². The van der Waals surface area contributed by atoms with E-state index in [-0.39, 0.29) is 60.6 Å². The maximum Gasteiger partial charge on any atom is 0.313 e. The number of amides is 3. The van der Waals surface area contributed by atoms with Crippen molar-refractivity contribution in [3.8, 4) is 0 Å². The van der Waals surface area contributed by atoms with Crippen molar-refractivity contribution in [1.29, 1.82) is 0 Å². The van der Waals surface area contributed by atoms with Gasteiger partial charge in [0.1, 0.15) is 17.7 Å². The topological polar surface area (TPSA) is 125 Å². The van der Waals surface area contributed by atoms with Gasteiger partial charge in [0, 0.05) is 36.5 Å². The van der Waals surface area contributed by atoms with Crippen LogP contribution in [0.5, 0.6) is 0 Å². The summed E-state index contributed by atoms with van der Waals surface area (Å²) >= 11 is 3.75. The summed E-state index contributed by atoms with van der Waals surface area (Å²) in [6.45, 7) is 18.6. The number of aliphatic hydroxyl groups is 1. The van der Waals surface area contributed by atoms with Gasteiger partial charge in [0.05, 0.1) is 24.5 Å². The molecule has 3 aliphatic heterocycles. The highest BCUT2D eigenvalue weighted by atomic mass is 79.9. The number of nitrogens with one attached hydrogen (secondary N) is 1. The van der Waals surface area contributed by atoms with Gasteiger partial charge >= 0.3 is 5.97 Å². The van der Waals surface area contributed by atoms with Crippen molar-refractivity contribution in [3.63, 3.8) is 0 Å². The molecule has 3 aliphatic rings. The molecule has 1 aromatic carbocycles. The lowest BCUT2D eigenvalue weighted by atomic mass is 9.70. The van der Waals surface area contributed by atoms with Gasteiger partial charge in [-0.1, -0.05) is 79.2 Å². The number of hydrogen-bond acceptors (Lipinski definition) is 7. The lowest BCUT2D eigenvalue weighted by molar-refractivity contribution is -0.160. The molecular weight excluding hydrogens is 690 g/mol. The van der Waals surface area contributed by atoms with E-state index >= 15 is 0 Å². The molecule has 0 aromatic heterocycles. The second-order valence-corrected chi connectivity index (χ2v) is 16.6. The third kappa shape index (κ3) is 8.31. The smallest absolute Gasteiger partial charge is 0.313 e. The van der Waals surface area contributed by atoms with Crippen molar-refractivity contribution in [2.45, 2.75) is 107 Å². The fraction of sp³-hybridized carbons (Fsp3) is 0.632. The number of alkyl halides is 1. The number of esters is 1. The van der Waals surface area contributed by atoms with Crippen LogP contribution in [0.1, 0.15) is 84.8 Å². The molecular formula is C38H54BrN3O7. The molecule has 0 radical (unpaired) electrons. The highest BCUT2D eigenvalue weighted by Crippen LogP contribution is 2.60. The second-order valence-electron chi connectivity index (χ2n) is 15.4. The van der Waals surface area contributed by atoms with E-state index in [1.54, 1.807) is 22.0 Å². The molecule has 49 heavy (non-hydrogen) atoms. The van der Waals surface area contributed by atoms with E-state index in [2.05, 4.69) is 55.2 Å². The lowest BCUT2D eigenvalue weighted by Crippen LogP contribution is -2.61. The Morgan fingerprint density at radius 3 is 2.47 bits per heavy atom. The van der Waals surface area contributed by atoms with Crippen molar-refractivity contribution < 1.29 is 33.8 Å². The van der Waals surface area contributed by atoms with E-state index in [0.29, 0.717) is 37.7 Å². The molecule has 11 heteroatoms. The molecule has 3 saturated heterocycles. The Balaban J connectivity index is 1.70. The van der Waals surface area contributed by atoms with Gasteiger partial charge in [-0.25, -0.2) is 0 Å². The summed E-state index contributed by atoms with van der Waals surface area (Å²) in [4.78, 5) is 59.3. The van der Waals surface area contributed by atoms with Crippen LogP contribution in [0.4, 0.5) is 0 Å². The van der Waals surface area contributed by atoms with Crippen molar-refractivity contribution in [2.24, 2.45) is 17.3 Å². The van der Waals surface area contributed by atoms with Crippen LogP contribution in [0, 0.1) is 17.3 Å². The number of unbranched alkanes of at least 4 members (excludes halogenated alkanes) is 1. The van der Waals surface area contributed by atoms with E-state index in [1.165, 1.54) is 0 Å². The van der Waals surface area contributed by atoms with Crippen LogP contribution in [0.25, 0.3) is 0 Å². The first kappa shape index (κ1) is 38.8. The van der Waals surface area contributed by atoms with Crippen molar-refractivity contribution in [3.05, 3.63) is 61.2 Å². The first-order valence-electron chi connectivity index (χ1n) is 17.4. The number of aliphatic hydroxyl groups excluding tert-OH is 1.